The third-order valence-corrected chi connectivity index (χ3v) is 5.59. The van der Waals surface area contributed by atoms with Crippen molar-refractivity contribution in [1.82, 2.24) is 10.2 Å². The molecule has 0 saturated carbocycles. The molecule has 27 heavy (non-hydrogen) atoms. The van der Waals surface area contributed by atoms with Crippen molar-refractivity contribution < 1.29 is 22.0 Å². The standard InChI is InChI=1S/C18H19F2N3O3S/c19-16-7-6-15(12-17(16)20)27(25,26)22-14-4-2-13(3-5-14)18(24)23-10-1-8-21-9-11-23/h2-7,12,21-22H,1,8-11H2. The van der Waals surface area contributed by atoms with Crippen molar-refractivity contribution in [2.75, 3.05) is 30.9 Å². The molecule has 0 aromatic heterocycles. The van der Waals surface area contributed by atoms with Gasteiger partial charge >= 0.3 is 0 Å². The molecular weight excluding hydrogens is 376 g/mol. The van der Waals surface area contributed by atoms with E-state index in [9.17, 15) is 22.0 Å². The second-order valence-electron chi connectivity index (χ2n) is 6.15. The molecule has 1 fully saturated rings. The lowest BCUT2D eigenvalue weighted by Crippen LogP contribution is -2.34. The molecule has 0 aliphatic carbocycles. The zero-order chi connectivity index (χ0) is 19.4. The smallest absolute Gasteiger partial charge is 0.261 e. The molecule has 2 aromatic carbocycles. The lowest BCUT2D eigenvalue weighted by atomic mass is 10.2. The maximum atomic E-state index is 13.3. The summed E-state index contributed by atoms with van der Waals surface area (Å²) in [4.78, 5) is 13.9. The fraction of sp³-hybridized carbons (Fsp3) is 0.278. The first-order chi connectivity index (χ1) is 12.9. The first kappa shape index (κ1) is 19.2. The minimum Gasteiger partial charge on any atom is -0.337 e. The average Bonchev–Trinajstić information content (AvgIpc) is 2.93. The average molecular weight is 395 g/mol. The quantitative estimate of drug-likeness (QED) is 0.832. The van der Waals surface area contributed by atoms with E-state index in [2.05, 4.69) is 10.0 Å². The Kier molecular flexibility index (Phi) is 5.71. The molecule has 2 aromatic rings. The Morgan fingerprint density at radius 3 is 2.44 bits per heavy atom. The summed E-state index contributed by atoms with van der Waals surface area (Å²) in [6.07, 6.45) is 0.873. The maximum Gasteiger partial charge on any atom is 0.261 e. The Morgan fingerprint density at radius 2 is 1.74 bits per heavy atom. The second kappa shape index (κ2) is 8.01. The van der Waals surface area contributed by atoms with Crippen LogP contribution in [0.5, 0.6) is 0 Å². The number of carbonyl (C=O) groups excluding carboxylic acids is 1. The Hall–Kier alpha value is -2.52. The second-order valence-corrected chi connectivity index (χ2v) is 7.84. The topological polar surface area (TPSA) is 78.5 Å². The molecule has 0 bridgehead atoms. The highest BCUT2D eigenvalue weighted by Crippen LogP contribution is 2.19. The number of carbonyl (C=O) groups is 1. The van der Waals surface area contributed by atoms with Crippen molar-refractivity contribution >= 4 is 21.6 Å². The number of hydrogen-bond donors (Lipinski definition) is 2. The van der Waals surface area contributed by atoms with Crippen LogP contribution >= 0.6 is 0 Å². The molecule has 1 aliphatic rings. The normalized spacial score (nSPS) is 15.3. The van der Waals surface area contributed by atoms with Gasteiger partial charge in [0, 0.05) is 30.9 Å². The minimum atomic E-state index is -4.07. The Morgan fingerprint density at radius 1 is 1.00 bits per heavy atom. The number of halogens is 2. The van der Waals surface area contributed by atoms with Gasteiger partial charge in [0.15, 0.2) is 11.6 Å². The predicted octanol–water partition coefficient (Wildman–Crippen LogP) is 2.20. The summed E-state index contributed by atoms with van der Waals surface area (Å²) >= 11 is 0. The number of amides is 1. The lowest BCUT2D eigenvalue weighted by Gasteiger charge is -2.20. The molecule has 0 radical (unpaired) electrons. The number of benzene rings is 2. The highest BCUT2D eigenvalue weighted by atomic mass is 32.2. The van der Waals surface area contributed by atoms with E-state index in [1.807, 2.05) is 0 Å². The first-order valence-electron chi connectivity index (χ1n) is 8.45. The molecule has 1 aliphatic heterocycles. The van der Waals surface area contributed by atoms with Crippen LogP contribution in [0, 0.1) is 11.6 Å². The number of nitrogens with one attached hydrogen (secondary N) is 2. The van der Waals surface area contributed by atoms with Crippen LogP contribution in [0.25, 0.3) is 0 Å². The number of nitrogens with zero attached hydrogens (tertiary/aromatic N) is 1. The van der Waals surface area contributed by atoms with Gasteiger partial charge in [0.1, 0.15) is 0 Å². The molecule has 0 unspecified atom stereocenters. The molecule has 0 atom stereocenters. The van der Waals surface area contributed by atoms with Crippen LogP contribution in [0.3, 0.4) is 0 Å². The fourth-order valence-electron chi connectivity index (χ4n) is 2.77. The number of sulfonamides is 1. The molecule has 9 heteroatoms. The third-order valence-electron chi connectivity index (χ3n) is 4.21. The van der Waals surface area contributed by atoms with Crippen LogP contribution in [0.4, 0.5) is 14.5 Å². The molecule has 6 nitrogen and oxygen atoms in total. The van der Waals surface area contributed by atoms with Crippen molar-refractivity contribution in [3.8, 4) is 0 Å². The monoisotopic (exact) mass is 395 g/mol. The molecule has 1 amide bonds. The predicted molar refractivity (Wildman–Crippen MR) is 97.0 cm³/mol. The molecule has 1 saturated heterocycles. The summed E-state index contributed by atoms with van der Waals surface area (Å²) in [5.41, 5.74) is 0.668. The van der Waals surface area contributed by atoms with Crippen molar-refractivity contribution in [2.45, 2.75) is 11.3 Å². The van der Waals surface area contributed by atoms with Crippen LogP contribution in [-0.4, -0.2) is 45.4 Å². The molecule has 1 heterocycles. The van der Waals surface area contributed by atoms with Gasteiger partial charge in [0.25, 0.3) is 15.9 Å². The summed E-state index contributed by atoms with van der Waals surface area (Å²) in [5.74, 6) is -2.49. The van der Waals surface area contributed by atoms with E-state index < -0.39 is 26.6 Å². The van der Waals surface area contributed by atoms with Crippen molar-refractivity contribution in [1.29, 1.82) is 0 Å². The van der Waals surface area contributed by atoms with E-state index in [0.717, 1.165) is 31.6 Å². The fourth-order valence-corrected chi connectivity index (χ4v) is 3.84. The summed E-state index contributed by atoms with van der Waals surface area (Å²) < 4.78 is 53.1. The number of hydrogen-bond acceptors (Lipinski definition) is 4. The van der Waals surface area contributed by atoms with Crippen LogP contribution < -0.4 is 10.0 Å². The molecule has 2 N–H and O–H groups in total. The largest absolute Gasteiger partial charge is 0.337 e. The summed E-state index contributed by atoms with van der Waals surface area (Å²) in [7, 11) is -4.07. The number of rotatable bonds is 4. The zero-order valence-electron chi connectivity index (χ0n) is 14.4. The third kappa shape index (κ3) is 4.61. The van der Waals surface area contributed by atoms with Crippen LogP contribution in [0.2, 0.25) is 0 Å². The van der Waals surface area contributed by atoms with Gasteiger partial charge in [0.05, 0.1) is 4.90 Å². The van der Waals surface area contributed by atoms with Crippen molar-refractivity contribution in [2.24, 2.45) is 0 Å². The van der Waals surface area contributed by atoms with Gasteiger partial charge in [-0.15, -0.1) is 0 Å². The van der Waals surface area contributed by atoms with Gasteiger partial charge < -0.3 is 10.2 Å². The van der Waals surface area contributed by atoms with Crippen LogP contribution in [0.15, 0.2) is 47.4 Å². The molecule has 0 spiro atoms. The highest BCUT2D eigenvalue weighted by Gasteiger charge is 2.19. The maximum absolute atomic E-state index is 13.3. The van der Waals surface area contributed by atoms with Crippen molar-refractivity contribution in [3.63, 3.8) is 0 Å². The number of anilines is 1. The van der Waals surface area contributed by atoms with E-state index in [1.54, 1.807) is 4.90 Å². The van der Waals surface area contributed by atoms with Gasteiger partial charge in [-0.3, -0.25) is 9.52 Å². The Balaban J connectivity index is 1.73. The van der Waals surface area contributed by atoms with E-state index in [1.165, 1.54) is 24.3 Å². The van der Waals surface area contributed by atoms with E-state index in [0.29, 0.717) is 24.7 Å². The Labute approximate surface area is 156 Å². The molecule has 144 valence electrons. The van der Waals surface area contributed by atoms with Crippen LogP contribution in [0.1, 0.15) is 16.8 Å². The van der Waals surface area contributed by atoms with Gasteiger partial charge in [-0.1, -0.05) is 0 Å². The Bertz CT molecular complexity index is 925. The van der Waals surface area contributed by atoms with E-state index in [4.69, 9.17) is 0 Å². The summed E-state index contributed by atoms with van der Waals surface area (Å²) in [6.45, 7) is 2.88. The van der Waals surface area contributed by atoms with Gasteiger partial charge in [-0.05, 0) is 55.4 Å². The first-order valence-corrected chi connectivity index (χ1v) is 9.93. The van der Waals surface area contributed by atoms with Gasteiger partial charge in [-0.25, -0.2) is 17.2 Å². The minimum absolute atomic E-state index is 0.117. The highest BCUT2D eigenvalue weighted by molar-refractivity contribution is 7.92. The van der Waals surface area contributed by atoms with E-state index in [-0.39, 0.29) is 11.6 Å². The summed E-state index contributed by atoms with van der Waals surface area (Å²) in [6, 6.07) is 8.33. The van der Waals surface area contributed by atoms with Crippen LogP contribution in [-0.2, 0) is 10.0 Å². The molecule has 3 rings (SSSR count). The molecular formula is C18H19F2N3O3S. The van der Waals surface area contributed by atoms with Gasteiger partial charge in [-0.2, -0.15) is 0 Å². The van der Waals surface area contributed by atoms with Gasteiger partial charge in [0.2, 0.25) is 0 Å². The van der Waals surface area contributed by atoms with E-state index >= 15 is 0 Å². The SMILES string of the molecule is O=C(c1ccc(NS(=O)(=O)c2ccc(F)c(F)c2)cc1)N1CCCNCC1. The lowest BCUT2D eigenvalue weighted by molar-refractivity contribution is 0.0766. The zero-order valence-corrected chi connectivity index (χ0v) is 15.2. The summed E-state index contributed by atoms with van der Waals surface area (Å²) in [5, 5.41) is 3.22. The van der Waals surface area contributed by atoms with Crippen molar-refractivity contribution in [3.05, 3.63) is 59.7 Å².